The lowest BCUT2D eigenvalue weighted by molar-refractivity contribution is 0.502. The van der Waals surface area contributed by atoms with Crippen LogP contribution in [0.25, 0.3) is 0 Å². The Bertz CT molecular complexity index is 537. The van der Waals surface area contributed by atoms with Crippen molar-refractivity contribution in [3.63, 3.8) is 0 Å². The quantitative estimate of drug-likeness (QED) is 0.888. The molecule has 21 heavy (non-hydrogen) atoms. The van der Waals surface area contributed by atoms with Crippen LogP contribution in [0, 0.1) is 18.6 Å². The number of halogens is 2. The van der Waals surface area contributed by atoms with Crippen molar-refractivity contribution in [1.82, 2.24) is 10.3 Å². The van der Waals surface area contributed by atoms with Crippen molar-refractivity contribution >= 4 is 5.82 Å². The summed E-state index contributed by atoms with van der Waals surface area (Å²) in [4.78, 5) is 4.05. The van der Waals surface area contributed by atoms with Gasteiger partial charge in [0.15, 0.2) is 0 Å². The molecule has 1 unspecified atom stereocenters. The molecule has 3 nitrogen and oxygen atoms in total. The molecular formula is C16H19F2N3. The minimum Gasteiger partial charge on any atom is -0.383 e. The highest BCUT2D eigenvalue weighted by Gasteiger charge is 2.25. The number of nitrogens with two attached hydrogens (primary N) is 1. The van der Waals surface area contributed by atoms with E-state index >= 15 is 0 Å². The zero-order valence-corrected chi connectivity index (χ0v) is 12.2. The number of nitrogen functional groups attached to an aromatic ring is 1. The fourth-order valence-corrected chi connectivity index (χ4v) is 2.39. The third kappa shape index (κ3) is 3.19. The fourth-order valence-electron chi connectivity index (χ4n) is 2.39. The van der Waals surface area contributed by atoms with E-state index in [0.29, 0.717) is 12.1 Å². The number of rotatable bonds is 5. The zero-order chi connectivity index (χ0) is 15.4. The molecular weight excluding hydrogens is 272 g/mol. The number of aryl methyl sites for hydroxylation is 1. The molecule has 2 rings (SSSR count). The molecule has 1 heterocycles. The van der Waals surface area contributed by atoms with Crippen molar-refractivity contribution in [3.8, 4) is 0 Å². The van der Waals surface area contributed by atoms with Crippen LogP contribution in [-0.4, -0.2) is 11.5 Å². The molecule has 0 amide bonds. The summed E-state index contributed by atoms with van der Waals surface area (Å²) in [5.41, 5.74) is 7.38. The average molecular weight is 291 g/mol. The molecule has 1 aromatic heterocycles. The molecule has 0 saturated carbocycles. The Morgan fingerprint density at radius 1 is 1.19 bits per heavy atom. The summed E-state index contributed by atoms with van der Waals surface area (Å²) in [6.07, 6.45) is 2.43. The van der Waals surface area contributed by atoms with Gasteiger partial charge >= 0.3 is 0 Å². The second kappa shape index (κ2) is 6.63. The van der Waals surface area contributed by atoms with Crippen molar-refractivity contribution in [1.29, 1.82) is 0 Å². The number of aromatic nitrogens is 1. The van der Waals surface area contributed by atoms with E-state index < -0.39 is 17.7 Å². The number of nitrogens with zero attached hydrogens (tertiary/aromatic N) is 1. The predicted molar refractivity (Wildman–Crippen MR) is 79.9 cm³/mol. The number of hydrogen-bond acceptors (Lipinski definition) is 3. The molecule has 0 saturated heterocycles. The van der Waals surface area contributed by atoms with Crippen LogP contribution in [0.3, 0.4) is 0 Å². The highest BCUT2D eigenvalue weighted by atomic mass is 19.1. The Balaban J connectivity index is 2.59. The molecule has 0 radical (unpaired) electrons. The van der Waals surface area contributed by atoms with Crippen LogP contribution in [0.1, 0.15) is 36.1 Å². The first-order valence-corrected chi connectivity index (χ1v) is 6.94. The molecule has 112 valence electrons. The average Bonchev–Trinajstić information content (AvgIpc) is 2.43. The molecule has 0 aliphatic carbocycles. The maximum absolute atomic E-state index is 14.1. The van der Waals surface area contributed by atoms with Crippen molar-refractivity contribution in [2.45, 2.75) is 26.3 Å². The Morgan fingerprint density at radius 2 is 1.86 bits per heavy atom. The SMILES string of the molecule is CCCNC(c1c(F)cccc1F)c1c(C)ccnc1N. The summed E-state index contributed by atoms with van der Waals surface area (Å²) in [6, 6.07) is 4.98. The van der Waals surface area contributed by atoms with E-state index in [4.69, 9.17) is 5.73 Å². The first-order chi connectivity index (χ1) is 10.1. The van der Waals surface area contributed by atoms with Gasteiger partial charge in [-0.25, -0.2) is 13.8 Å². The van der Waals surface area contributed by atoms with Gasteiger partial charge in [0.25, 0.3) is 0 Å². The summed E-state index contributed by atoms with van der Waals surface area (Å²) in [5.74, 6) is -0.899. The second-order valence-electron chi connectivity index (χ2n) is 4.95. The van der Waals surface area contributed by atoms with Gasteiger partial charge in [-0.1, -0.05) is 13.0 Å². The van der Waals surface area contributed by atoms with Crippen LogP contribution < -0.4 is 11.1 Å². The van der Waals surface area contributed by atoms with E-state index in [0.717, 1.165) is 12.0 Å². The molecule has 1 aromatic carbocycles. The van der Waals surface area contributed by atoms with Gasteiger partial charge in [0.05, 0.1) is 6.04 Å². The highest BCUT2D eigenvalue weighted by Crippen LogP contribution is 2.31. The lowest BCUT2D eigenvalue weighted by atomic mass is 9.94. The smallest absolute Gasteiger partial charge is 0.131 e. The number of pyridine rings is 1. The fraction of sp³-hybridized carbons (Fsp3) is 0.312. The van der Waals surface area contributed by atoms with E-state index in [1.807, 2.05) is 13.8 Å². The molecule has 0 fully saturated rings. The first-order valence-electron chi connectivity index (χ1n) is 6.94. The van der Waals surface area contributed by atoms with Gasteiger partial charge in [0, 0.05) is 17.3 Å². The van der Waals surface area contributed by atoms with Gasteiger partial charge in [0.1, 0.15) is 17.5 Å². The van der Waals surface area contributed by atoms with Crippen LogP contribution in [-0.2, 0) is 0 Å². The predicted octanol–water partition coefficient (Wildman–Crippen LogP) is 3.34. The highest BCUT2D eigenvalue weighted by molar-refractivity contribution is 5.50. The van der Waals surface area contributed by atoms with E-state index in [1.54, 1.807) is 12.3 Å². The van der Waals surface area contributed by atoms with Crippen molar-refractivity contribution < 1.29 is 8.78 Å². The molecule has 1 atom stereocenters. The zero-order valence-electron chi connectivity index (χ0n) is 12.2. The van der Waals surface area contributed by atoms with E-state index in [2.05, 4.69) is 10.3 Å². The van der Waals surface area contributed by atoms with E-state index in [9.17, 15) is 8.78 Å². The normalized spacial score (nSPS) is 12.4. The third-order valence-corrected chi connectivity index (χ3v) is 3.41. The molecule has 3 N–H and O–H groups in total. The lowest BCUT2D eigenvalue weighted by Gasteiger charge is -2.23. The van der Waals surface area contributed by atoms with E-state index in [-0.39, 0.29) is 11.4 Å². The summed E-state index contributed by atoms with van der Waals surface area (Å²) in [5, 5.41) is 3.17. The van der Waals surface area contributed by atoms with E-state index in [1.165, 1.54) is 18.2 Å². The number of benzene rings is 1. The molecule has 5 heteroatoms. The molecule has 2 aromatic rings. The van der Waals surface area contributed by atoms with Crippen LogP contribution in [0.5, 0.6) is 0 Å². The number of nitrogens with one attached hydrogen (secondary N) is 1. The van der Waals surface area contributed by atoms with Gasteiger partial charge in [-0.15, -0.1) is 0 Å². The van der Waals surface area contributed by atoms with Gasteiger partial charge in [-0.3, -0.25) is 0 Å². The standard InChI is InChI=1S/C16H19F2N3/c1-3-8-20-15(13-10(2)7-9-21-16(13)19)14-11(17)5-4-6-12(14)18/h4-7,9,15,20H,3,8H2,1-2H3,(H2,19,21). The van der Waals surface area contributed by atoms with Crippen LogP contribution in [0.15, 0.2) is 30.5 Å². The largest absolute Gasteiger partial charge is 0.383 e. The maximum Gasteiger partial charge on any atom is 0.131 e. The first kappa shape index (κ1) is 15.4. The Morgan fingerprint density at radius 3 is 2.43 bits per heavy atom. The molecule has 0 bridgehead atoms. The summed E-state index contributed by atoms with van der Waals surface area (Å²) < 4.78 is 28.3. The van der Waals surface area contributed by atoms with Gasteiger partial charge in [-0.05, 0) is 43.7 Å². The van der Waals surface area contributed by atoms with Crippen LogP contribution >= 0.6 is 0 Å². The molecule has 0 spiro atoms. The molecule has 0 aliphatic heterocycles. The molecule has 0 aliphatic rings. The topological polar surface area (TPSA) is 50.9 Å². The summed E-state index contributed by atoms with van der Waals surface area (Å²) in [6.45, 7) is 4.46. The Labute approximate surface area is 123 Å². The lowest BCUT2D eigenvalue weighted by Crippen LogP contribution is -2.27. The second-order valence-corrected chi connectivity index (χ2v) is 4.95. The van der Waals surface area contributed by atoms with Gasteiger partial charge in [-0.2, -0.15) is 0 Å². The third-order valence-electron chi connectivity index (χ3n) is 3.41. The summed E-state index contributed by atoms with van der Waals surface area (Å²) >= 11 is 0. The minimum atomic E-state index is -0.653. The van der Waals surface area contributed by atoms with Crippen LogP contribution in [0.2, 0.25) is 0 Å². The van der Waals surface area contributed by atoms with Crippen molar-refractivity contribution in [3.05, 3.63) is 58.8 Å². The number of hydrogen-bond donors (Lipinski definition) is 2. The van der Waals surface area contributed by atoms with Crippen molar-refractivity contribution in [2.24, 2.45) is 0 Å². The maximum atomic E-state index is 14.1. The Hall–Kier alpha value is -2.01. The number of anilines is 1. The van der Waals surface area contributed by atoms with Gasteiger partial charge < -0.3 is 11.1 Å². The monoisotopic (exact) mass is 291 g/mol. The van der Waals surface area contributed by atoms with Gasteiger partial charge in [0.2, 0.25) is 0 Å². The minimum absolute atomic E-state index is 0.0197. The Kier molecular flexibility index (Phi) is 4.85. The summed E-state index contributed by atoms with van der Waals surface area (Å²) in [7, 11) is 0. The van der Waals surface area contributed by atoms with Crippen LogP contribution in [0.4, 0.5) is 14.6 Å². The van der Waals surface area contributed by atoms with Crippen molar-refractivity contribution in [2.75, 3.05) is 12.3 Å².